The third-order valence-electron chi connectivity index (χ3n) is 6.34. The summed E-state index contributed by atoms with van der Waals surface area (Å²) in [6, 6.07) is 0.252. The van der Waals surface area contributed by atoms with Gasteiger partial charge in [0.1, 0.15) is 6.61 Å². The molecule has 2 saturated heterocycles. The summed E-state index contributed by atoms with van der Waals surface area (Å²) in [4.78, 5) is 25.8. The number of carboxylic acids is 1. The van der Waals surface area contributed by atoms with Crippen molar-refractivity contribution in [3.63, 3.8) is 0 Å². The van der Waals surface area contributed by atoms with E-state index in [9.17, 15) is 18.0 Å². The number of aliphatic carboxylic acids is 1. The van der Waals surface area contributed by atoms with Crippen LogP contribution in [0.3, 0.4) is 0 Å². The first kappa shape index (κ1) is 21.4. The first-order chi connectivity index (χ1) is 13.1. The number of nitrogens with zero attached hydrogens (tertiary/aromatic N) is 2. The number of hydrogen-bond acceptors (Lipinski definition) is 4. The van der Waals surface area contributed by atoms with Gasteiger partial charge in [0.15, 0.2) is 0 Å². The van der Waals surface area contributed by atoms with Gasteiger partial charge in [-0.3, -0.25) is 4.79 Å². The fourth-order valence-electron chi connectivity index (χ4n) is 4.09. The molecular formula is C19H29F3N2O4. The molecule has 2 aliphatic heterocycles. The van der Waals surface area contributed by atoms with Gasteiger partial charge in [-0.15, -0.1) is 0 Å². The molecular weight excluding hydrogens is 377 g/mol. The lowest BCUT2D eigenvalue weighted by molar-refractivity contribution is -0.192. The molecule has 0 radical (unpaired) electrons. The number of carbonyl (C=O) groups excluding carboxylic acids is 1. The standard InChI is InChI=1S/C17H28N2O2.C2HF3O2/c1-13-17(6-8-18(9-7-17)10-14-2-3-14)21-12-16(20)19(13)11-15-4-5-15;3-2(4,5)1(6)7/h13-15H,2-12H2,1H3;(H,6,7). The van der Waals surface area contributed by atoms with Gasteiger partial charge in [-0.2, -0.15) is 13.2 Å². The third-order valence-corrected chi connectivity index (χ3v) is 6.34. The van der Waals surface area contributed by atoms with Crippen molar-refractivity contribution in [3.05, 3.63) is 0 Å². The van der Waals surface area contributed by atoms with Crippen molar-refractivity contribution < 1.29 is 32.6 Å². The van der Waals surface area contributed by atoms with Crippen LogP contribution in [0.5, 0.6) is 0 Å². The second-order valence-electron chi connectivity index (χ2n) is 8.57. The van der Waals surface area contributed by atoms with Gasteiger partial charge in [0.25, 0.3) is 0 Å². The van der Waals surface area contributed by atoms with Crippen LogP contribution in [0, 0.1) is 11.8 Å². The Morgan fingerprint density at radius 1 is 1.14 bits per heavy atom. The van der Waals surface area contributed by atoms with E-state index in [2.05, 4.69) is 16.7 Å². The number of likely N-dealkylation sites (tertiary alicyclic amines) is 1. The summed E-state index contributed by atoms with van der Waals surface area (Å²) in [5, 5.41) is 7.12. The number of carboxylic acid groups (broad SMARTS) is 1. The first-order valence-corrected chi connectivity index (χ1v) is 10.1. The molecule has 2 aliphatic carbocycles. The van der Waals surface area contributed by atoms with Gasteiger partial charge in [-0.25, -0.2) is 4.79 Å². The second-order valence-corrected chi connectivity index (χ2v) is 8.57. The molecule has 1 N–H and O–H groups in total. The van der Waals surface area contributed by atoms with Gasteiger partial charge < -0.3 is 19.6 Å². The summed E-state index contributed by atoms with van der Waals surface area (Å²) < 4.78 is 37.9. The van der Waals surface area contributed by atoms with Crippen LogP contribution in [0.2, 0.25) is 0 Å². The van der Waals surface area contributed by atoms with E-state index in [1.165, 1.54) is 32.2 Å². The summed E-state index contributed by atoms with van der Waals surface area (Å²) in [5.74, 6) is -0.814. The molecule has 4 rings (SSSR count). The van der Waals surface area contributed by atoms with Gasteiger partial charge in [0.05, 0.1) is 11.6 Å². The minimum absolute atomic E-state index is 0.0666. The average Bonchev–Trinajstić information content (AvgIpc) is 3.53. The van der Waals surface area contributed by atoms with Crippen LogP contribution in [-0.4, -0.2) is 77.4 Å². The Hall–Kier alpha value is -1.35. The molecule has 1 amide bonds. The van der Waals surface area contributed by atoms with E-state index >= 15 is 0 Å². The number of alkyl halides is 3. The Labute approximate surface area is 163 Å². The lowest BCUT2D eigenvalue weighted by Crippen LogP contribution is -2.64. The quantitative estimate of drug-likeness (QED) is 0.777. The van der Waals surface area contributed by atoms with Crippen LogP contribution >= 0.6 is 0 Å². The molecule has 160 valence electrons. The SMILES string of the molecule is CC1N(CC2CC2)C(=O)COC12CCN(CC1CC1)CC2.O=C(O)C(F)(F)F. The molecule has 2 heterocycles. The number of amides is 1. The molecule has 9 heteroatoms. The Balaban J connectivity index is 0.000000279. The van der Waals surface area contributed by atoms with Crippen molar-refractivity contribution in [1.29, 1.82) is 0 Å². The van der Waals surface area contributed by atoms with Gasteiger partial charge in [-0.05, 0) is 57.3 Å². The lowest BCUT2D eigenvalue weighted by Gasteiger charge is -2.51. The summed E-state index contributed by atoms with van der Waals surface area (Å²) in [7, 11) is 0. The maximum atomic E-state index is 12.2. The largest absolute Gasteiger partial charge is 0.490 e. The van der Waals surface area contributed by atoms with Gasteiger partial charge in [0, 0.05) is 26.2 Å². The second kappa shape index (κ2) is 8.18. The summed E-state index contributed by atoms with van der Waals surface area (Å²) in [5.41, 5.74) is -0.0666. The van der Waals surface area contributed by atoms with E-state index in [0.717, 1.165) is 44.3 Å². The highest BCUT2D eigenvalue weighted by Crippen LogP contribution is 2.39. The average molecular weight is 406 g/mol. The van der Waals surface area contributed by atoms with Crippen LogP contribution in [0.15, 0.2) is 0 Å². The molecule has 0 aromatic rings. The third kappa shape index (κ3) is 5.37. The zero-order valence-corrected chi connectivity index (χ0v) is 16.2. The van der Waals surface area contributed by atoms with E-state index in [1.54, 1.807) is 0 Å². The minimum atomic E-state index is -5.08. The van der Waals surface area contributed by atoms with Crippen molar-refractivity contribution in [2.24, 2.45) is 11.8 Å². The maximum absolute atomic E-state index is 12.2. The van der Waals surface area contributed by atoms with Crippen LogP contribution in [0.1, 0.15) is 45.4 Å². The number of carbonyl (C=O) groups is 2. The lowest BCUT2D eigenvalue weighted by atomic mass is 9.82. The molecule has 4 aliphatic rings. The molecule has 1 atom stereocenters. The smallest absolute Gasteiger partial charge is 0.475 e. The zero-order chi connectivity index (χ0) is 20.5. The number of halogens is 3. The molecule has 0 aromatic carbocycles. The van der Waals surface area contributed by atoms with Crippen molar-refractivity contribution >= 4 is 11.9 Å². The van der Waals surface area contributed by atoms with Gasteiger partial charge in [-0.1, -0.05) is 0 Å². The Morgan fingerprint density at radius 3 is 2.11 bits per heavy atom. The molecule has 1 unspecified atom stereocenters. The van der Waals surface area contributed by atoms with Crippen LogP contribution in [0.4, 0.5) is 13.2 Å². The highest BCUT2D eigenvalue weighted by atomic mass is 19.4. The normalized spacial score (nSPS) is 28.1. The monoisotopic (exact) mass is 406 g/mol. The van der Waals surface area contributed by atoms with Crippen LogP contribution < -0.4 is 0 Å². The molecule has 1 spiro atoms. The Bertz CT molecular complexity index is 582. The maximum Gasteiger partial charge on any atom is 0.490 e. The Kier molecular flexibility index (Phi) is 6.24. The number of ether oxygens (including phenoxy) is 1. The summed E-state index contributed by atoms with van der Waals surface area (Å²) >= 11 is 0. The van der Waals surface area contributed by atoms with Gasteiger partial charge in [0.2, 0.25) is 5.91 Å². The predicted molar refractivity (Wildman–Crippen MR) is 94.7 cm³/mol. The topological polar surface area (TPSA) is 70.1 Å². The molecule has 6 nitrogen and oxygen atoms in total. The molecule has 28 heavy (non-hydrogen) atoms. The predicted octanol–water partition coefficient (Wildman–Crippen LogP) is 2.52. The molecule has 2 saturated carbocycles. The van der Waals surface area contributed by atoms with Crippen molar-refractivity contribution in [1.82, 2.24) is 9.80 Å². The van der Waals surface area contributed by atoms with E-state index in [0.29, 0.717) is 6.61 Å². The number of morpholine rings is 1. The molecule has 4 fully saturated rings. The highest BCUT2D eigenvalue weighted by Gasteiger charge is 2.49. The zero-order valence-electron chi connectivity index (χ0n) is 16.2. The van der Waals surface area contributed by atoms with Crippen molar-refractivity contribution in [3.8, 4) is 0 Å². The van der Waals surface area contributed by atoms with E-state index in [-0.39, 0.29) is 17.6 Å². The molecule has 0 aromatic heterocycles. The fraction of sp³-hybridized carbons (Fsp3) is 0.895. The highest BCUT2D eigenvalue weighted by molar-refractivity contribution is 5.78. The molecule has 0 bridgehead atoms. The number of hydrogen-bond donors (Lipinski definition) is 1. The van der Waals surface area contributed by atoms with Crippen molar-refractivity contribution in [2.75, 3.05) is 32.8 Å². The van der Waals surface area contributed by atoms with E-state index in [4.69, 9.17) is 14.6 Å². The van der Waals surface area contributed by atoms with Crippen LogP contribution in [-0.2, 0) is 14.3 Å². The Morgan fingerprint density at radius 2 is 1.64 bits per heavy atom. The summed E-state index contributed by atoms with van der Waals surface area (Å²) in [6.07, 6.45) is 2.57. The summed E-state index contributed by atoms with van der Waals surface area (Å²) in [6.45, 7) is 7.07. The van der Waals surface area contributed by atoms with Crippen LogP contribution in [0.25, 0.3) is 0 Å². The van der Waals surface area contributed by atoms with E-state index in [1.807, 2.05) is 0 Å². The fourth-order valence-corrected chi connectivity index (χ4v) is 4.09. The number of piperidine rings is 1. The first-order valence-electron chi connectivity index (χ1n) is 10.1. The minimum Gasteiger partial charge on any atom is -0.475 e. The van der Waals surface area contributed by atoms with E-state index < -0.39 is 12.1 Å². The number of rotatable bonds is 4. The van der Waals surface area contributed by atoms with Gasteiger partial charge >= 0.3 is 12.1 Å². The van der Waals surface area contributed by atoms with Crippen molar-refractivity contribution in [2.45, 2.75) is 63.3 Å².